The lowest BCUT2D eigenvalue weighted by molar-refractivity contribution is 0.415. The van der Waals surface area contributed by atoms with Gasteiger partial charge in [-0.3, -0.25) is 0 Å². The summed E-state index contributed by atoms with van der Waals surface area (Å²) in [6.07, 6.45) is 1.84. The van der Waals surface area contributed by atoms with Gasteiger partial charge >= 0.3 is 5.69 Å². The first-order valence-corrected chi connectivity index (χ1v) is 6.79. The molecule has 0 radical (unpaired) electrons. The summed E-state index contributed by atoms with van der Waals surface area (Å²) in [5.41, 5.74) is 2.31. The normalized spacial score (nSPS) is 17.8. The molecule has 0 N–H and O–H groups in total. The molecule has 1 aliphatic rings. The van der Waals surface area contributed by atoms with Gasteiger partial charge in [-0.15, -0.1) is 0 Å². The van der Waals surface area contributed by atoms with E-state index in [1.807, 2.05) is 25.1 Å². The maximum atomic E-state index is 12.2. The average molecular weight is 271 g/mol. The van der Waals surface area contributed by atoms with Crippen molar-refractivity contribution in [3.63, 3.8) is 0 Å². The Kier molecular flexibility index (Phi) is 3.04. The van der Waals surface area contributed by atoms with Crippen LogP contribution in [0.1, 0.15) is 38.3 Å². The quantitative estimate of drug-likeness (QED) is 0.843. The smallest absolute Gasteiger partial charge is 0.369 e. The molecule has 104 valence electrons. The number of rotatable bonds is 2. The van der Waals surface area contributed by atoms with Crippen molar-refractivity contribution < 1.29 is 4.74 Å². The van der Waals surface area contributed by atoms with Crippen molar-refractivity contribution in [2.75, 3.05) is 7.11 Å². The fourth-order valence-electron chi connectivity index (χ4n) is 2.80. The first kappa shape index (κ1) is 12.8. The summed E-state index contributed by atoms with van der Waals surface area (Å²) < 4.78 is 6.74. The van der Waals surface area contributed by atoms with E-state index in [2.05, 4.69) is 17.0 Å². The first-order valence-electron chi connectivity index (χ1n) is 6.79. The molecule has 0 amide bonds. The highest BCUT2D eigenvalue weighted by Gasteiger charge is 2.24. The van der Waals surface area contributed by atoms with Gasteiger partial charge in [-0.2, -0.15) is 14.8 Å². The molecule has 2 heterocycles. The largest absolute Gasteiger partial charge is 0.497 e. The highest BCUT2D eigenvalue weighted by Crippen LogP contribution is 2.33. The van der Waals surface area contributed by atoms with E-state index in [1.165, 1.54) is 4.68 Å². The molecule has 20 heavy (non-hydrogen) atoms. The lowest BCUT2D eigenvalue weighted by Crippen LogP contribution is -2.29. The van der Waals surface area contributed by atoms with Crippen molar-refractivity contribution in [3.8, 4) is 5.75 Å². The Morgan fingerprint density at radius 3 is 2.95 bits per heavy atom. The SMILES string of the molecule is CCC1CC(C)=Nn2c1c1cc(OC)ccc1nc2=O. The van der Waals surface area contributed by atoms with Crippen LogP contribution in [-0.2, 0) is 0 Å². The molecule has 1 atom stereocenters. The standard InChI is InChI=1S/C15H17N3O2/c1-4-10-7-9(2)17-18-14(10)12-8-11(20-3)5-6-13(12)16-15(18)19/h5-6,8,10H,4,7H2,1-3H3. The number of hydrogen-bond donors (Lipinski definition) is 0. The van der Waals surface area contributed by atoms with Crippen LogP contribution in [0.4, 0.5) is 0 Å². The summed E-state index contributed by atoms with van der Waals surface area (Å²) in [5.74, 6) is 1.06. The van der Waals surface area contributed by atoms with Crippen LogP contribution in [0.15, 0.2) is 28.1 Å². The van der Waals surface area contributed by atoms with Crippen LogP contribution in [0, 0.1) is 0 Å². The Balaban J connectivity index is 2.41. The third-order valence-electron chi connectivity index (χ3n) is 3.80. The summed E-state index contributed by atoms with van der Waals surface area (Å²) in [6, 6.07) is 5.59. The van der Waals surface area contributed by atoms with E-state index >= 15 is 0 Å². The van der Waals surface area contributed by atoms with E-state index in [0.717, 1.165) is 35.4 Å². The number of aromatic nitrogens is 2. The second-order valence-electron chi connectivity index (χ2n) is 5.12. The van der Waals surface area contributed by atoms with Crippen LogP contribution in [0.5, 0.6) is 5.75 Å². The Morgan fingerprint density at radius 2 is 2.25 bits per heavy atom. The van der Waals surface area contributed by atoms with Crippen molar-refractivity contribution in [1.29, 1.82) is 0 Å². The monoisotopic (exact) mass is 271 g/mol. The minimum absolute atomic E-state index is 0.290. The number of fused-ring (bicyclic) bond motifs is 3. The molecule has 0 fully saturated rings. The molecule has 0 saturated carbocycles. The maximum Gasteiger partial charge on any atom is 0.369 e. The zero-order chi connectivity index (χ0) is 14.3. The second-order valence-corrected chi connectivity index (χ2v) is 5.12. The third kappa shape index (κ3) is 1.90. The Labute approximate surface area is 116 Å². The summed E-state index contributed by atoms with van der Waals surface area (Å²) in [6.45, 7) is 4.08. The Morgan fingerprint density at radius 1 is 1.45 bits per heavy atom. The fourth-order valence-corrected chi connectivity index (χ4v) is 2.80. The van der Waals surface area contributed by atoms with E-state index in [0.29, 0.717) is 5.52 Å². The number of nitrogens with zero attached hydrogens (tertiary/aromatic N) is 3. The van der Waals surface area contributed by atoms with Crippen LogP contribution >= 0.6 is 0 Å². The molecule has 2 aromatic rings. The van der Waals surface area contributed by atoms with Gasteiger partial charge in [-0.25, -0.2) is 4.79 Å². The molecule has 1 aromatic heterocycles. The summed E-state index contributed by atoms with van der Waals surface area (Å²) in [4.78, 5) is 16.3. The van der Waals surface area contributed by atoms with Crippen molar-refractivity contribution in [2.24, 2.45) is 5.10 Å². The van der Waals surface area contributed by atoms with Crippen LogP contribution in [-0.4, -0.2) is 22.5 Å². The molecule has 1 aromatic carbocycles. The van der Waals surface area contributed by atoms with Crippen LogP contribution in [0.2, 0.25) is 0 Å². The van der Waals surface area contributed by atoms with Gasteiger partial charge < -0.3 is 4.74 Å². The maximum absolute atomic E-state index is 12.2. The average Bonchev–Trinajstić information content (AvgIpc) is 2.46. The molecule has 0 saturated heterocycles. The molecule has 1 aliphatic heterocycles. The van der Waals surface area contributed by atoms with Gasteiger partial charge in [0.15, 0.2) is 0 Å². The summed E-state index contributed by atoms with van der Waals surface area (Å²) >= 11 is 0. The highest BCUT2D eigenvalue weighted by atomic mass is 16.5. The van der Waals surface area contributed by atoms with E-state index < -0.39 is 0 Å². The molecule has 0 aliphatic carbocycles. The minimum Gasteiger partial charge on any atom is -0.497 e. The minimum atomic E-state index is -0.310. The number of benzene rings is 1. The Bertz CT molecular complexity index is 762. The topological polar surface area (TPSA) is 56.5 Å². The molecule has 0 bridgehead atoms. The number of hydrogen-bond acceptors (Lipinski definition) is 4. The van der Waals surface area contributed by atoms with Gasteiger partial charge in [0.05, 0.1) is 18.3 Å². The van der Waals surface area contributed by atoms with Crippen molar-refractivity contribution >= 4 is 16.6 Å². The number of methoxy groups -OCH3 is 1. The van der Waals surface area contributed by atoms with E-state index in [9.17, 15) is 4.79 Å². The van der Waals surface area contributed by atoms with Crippen molar-refractivity contribution in [1.82, 2.24) is 9.66 Å². The molecule has 5 nitrogen and oxygen atoms in total. The zero-order valence-corrected chi connectivity index (χ0v) is 11.9. The van der Waals surface area contributed by atoms with E-state index in [1.54, 1.807) is 7.11 Å². The zero-order valence-electron chi connectivity index (χ0n) is 11.9. The molecule has 1 unspecified atom stereocenters. The third-order valence-corrected chi connectivity index (χ3v) is 3.80. The predicted molar refractivity (Wildman–Crippen MR) is 78.7 cm³/mol. The van der Waals surface area contributed by atoms with Gasteiger partial charge in [0.2, 0.25) is 0 Å². The van der Waals surface area contributed by atoms with Gasteiger partial charge in [0, 0.05) is 17.0 Å². The molecular formula is C15H17N3O2. The van der Waals surface area contributed by atoms with Crippen molar-refractivity contribution in [3.05, 3.63) is 34.4 Å². The number of ether oxygens (including phenoxy) is 1. The van der Waals surface area contributed by atoms with E-state index in [-0.39, 0.29) is 11.6 Å². The summed E-state index contributed by atoms with van der Waals surface area (Å²) in [5, 5.41) is 5.32. The van der Waals surface area contributed by atoms with E-state index in [4.69, 9.17) is 4.74 Å². The molecular weight excluding hydrogens is 254 g/mol. The lowest BCUT2D eigenvalue weighted by Gasteiger charge is -2.24. The van der Waals surface area contributed by atoms with Crippen LogP contribution in [0.25, 0.3) is 10.9 Å². The van der Waals surface area contributed by atoms with Gasteiger partial charge in [-0.1, -0.05) is 6.92 Å². The highest BCUT2D eigenvalue weighted by molar-refractivity contribution is 5.87. The van der Waals surface area contributed by atoms with Gasteiger partial charge in [0.1, 0.15) is 5.75 Å². The fraction of sp³-hybridized carbons (Fsp3) is 0.400. The van der Waals surface area contributed by atoms with Crippen LogP contribution < -0.4 is 10.4 Å². The lowest BCUT2D eigenvalue weighted by atomic mass is 9.92. The predicted octanol–water partition coefficient (Wildman–Crippen LogP) is 2.53. The van der Waals surface area contributed by atoms with Gasteiger partial charge in [-0.05, 0) is 38.0 Å². The van der Waals surface area contributed by atoms with Gasteiger partial charge in [0.25, 0.3) is 0 Å². The molecule has 0 spiro atoms. The summed E-state index contributed by atoms with van der Waals surface area (Å²) in [7, 11) is 1.63. The Hall–Kier alpha value is -2.17. The second kappa shape index (κ2) is 4.74. The first-order chi connectivity index (χ1) is 9.63. The molecule has 3 rings (SSSR count). The van der Waals surface area contributed by atoms with Crippen LogP contribution in [0.3, 0.4) is 0 Å². The van der Waals surface area contributed by atoms with Crippen molar-refractivity contribution in [2.45, 2.75) is 32.6 Å². The molecule has 5 heteroatoms.